The molecule has 0 radical (unpaired) electrons. The molecule has 0 amide bonds. The number of aryl methyl sites for hydroxylation is 2. The molecule has 0 saturated carbocycles. The zero-order chi connectivity index (χ0) is 9.26. The second kappa shape index (κ2) is 3.17. The first-order chi connectivity index (χ1) is 6.35. The number of nitrogens with zero attached hydrogens (tertiary/aromatic N) is 2. The van der Waals surface area contributed by atoms with Crippen LogP contribution >= 0.6 is 0 Å². The normalized spacial score (nSPS) is 10.9. The van der Waals surface area contributed by atoms with Gasteiger partial charge in [-0.15, -0.1) is 5.10 Å². The number of hydrogen-bond acceptors (Lipinski definition) is 2. The molecule has 13 heavy (non-hydrogen) atoms. The van der Waals surface area contributed by atoms with E-state index >= 15 is 0 Å². The van der Waals surface area contributed by atoms with Gasteiger partial charge in [0.15, 0.2) is 0 Å². The Balaban J connectivity index is 2.70. The molecule has 0 aliphatic carbocycles. The number of rotatable bonds is 2. The number of H-pyrrole nitrogens is 1. The fourth-order valence-electron chi connectivity index (χ4n) is 1.57. The summed E-state index contributed by atoms with van der Waals surface area (Å²) in [7, 11) is 0. The third kappa shape index (κ3) is 1.30. The summed E-state index contributed by atoms with van der Waals surface area (Å²) in [5, 5.41) is 10.8. The molecule has 2 aromatic rings. The molecule has 0 atom stereocenters. The van der Waals surface area contributed by atoms with Crippen molar-refractivity contribution in [2.45, 2.75) is 26.7 Å². The summed E-state index contributed by atoms with van der Waals surface area (Å²) >= 11 is 0. The summed E-state index contributed by atoms with van der Waals surface area (Å²) in [4.78, 5) is 0. The summed E-state index contributed by atoms with van der Waals surface area (Å²) in [5.41, 5.74) is 4.70. The number of hydrogen-bond donors (Lipinski definition) is 1. The van der Waals surface area contributed by atoms with Gasteiger partial charge in [0.25, 0.3) is 0 Å². The summed E-state index contributed by atoms with van der Waals surface area (Å²) in [6, 6.07) is 4.32. The van der Waals surface area contributed by atoms with Crippen molar-refractivity contribution in [1.82, 2.24) is 15.4 Å². The quantitative estimate of drug-likeness (QED) is 0.759. The molecule has 0 saturated heterocycles. The minimum atomic E-state index is 0.983. The Kier molecular flexibility index (Phi) is 2.00. The van der Waals surface area contributed by atoms with Crippen molar-refractivity contribution >= 4 is 11.0 Å². The monoisotopic (exact) mass is 175 g/mol. The number of nitrogens with one attached hydrogen (secondary N) is 1. The number of aromatic nitrogens is 3. The van der Waals surface area contributed by atoms with E-state index in [0.29, 0.717) is 0 Å². The minimum Gasteiger partial charge on any atom is -0.257 e. The van der Waals surface area contributed by atoms with Gasteiger partial charge in [-0.1, -0.05) is 25.1 Å². The van der Waals surface area contributed by atoms with Gasteiger partial charge in [-0.05, 0) is 30.0 Å². The maximum absolute atomic E-state index is 4.03. The average molecular weight is 175 g/mol. The van der Waals surface area contributed by atoms with Crippen molar-refractivity contribution in [1.29, 1.82) is 0 Å². The van der Waals surface area contributed by atoms with Crippen LogP contribution in [0.1, 0.15) is 25.0 Å². The van der Waals surface area contributed by atoms with Gasteiger partial charge in [-0.25, -0.2) is 0 Å². The Morgan fingerprint density at radius 2 is 2.08 bits per heavy atom. The third-order valence-corrected chi connectivity index (χ3v) is 2.37. The van der Waals surface area contributed by atoms with Crippen LogP contribution in [0.5, 0.6) is 0 Å². The van der Waals surface area contributed by atoms with E-state index in [-0.39, 0.29) is 0 Å². The molecule has 1 aromatic heterocycles. The second-order valence-electron chi connectivity index (χ2n) is 3.17. The molecular weight excluding hydrogens is 162 g/mol. The van der Waals surface area contributed by atoms with Crippen molar-refractivity contribution < 1.29 is 0 Å². The zero-order valence-corrected chi connectivity index (χ0v) is 7.96. The van der Waals surface area contributed by atoms with Gasteiger partial charge < -0.3 is 0 Å². The molecule has 2 rings (SSSR count). The number of benzene rings is 1. The van der Waals surface area contributed by atoms with Gasteiger partial charge in [-0.2, -0.15) is 0 Å². The van der Waals surface area contributed by atoms with Crippen molar-refractivity contribution in [3.05, 3.63) is 23.3 Å². The fraction of sp³-hybridized carbons (Fsp3) is 0.400. The lowest BCUT2D eigenvalue weighted by atomic mass is 10.1. The van der Waals surface area contributed by atoms with Crippen LogP contribution in [0.2, 0.25) is 0 Å². The van der Waals surface area contributed by atoms with Crippen LogP contribution in [0.15, 0.2) is 12.1 Å². The highest BCUT2D eigenvalue weighted by Crippen LogP contribution is 2.17. The van der Waals surface area contributed by atoms with Crippen molar-refractivity contribution in [3.8, 4) is 0 Å². The van der Waals surface area contributed by atoms with Crippen LogP contribution in [0, 0.1) is 0 Å². The van der Waals surface area contributed by atoms with Crippen molar-refractivity contribution in [3.63, 3.8) is 0 Å². The SMILES string of the molecule is CCc1cc(CC)c2[nH]nnc2c1. The number of fused-ring (bicyclic) bond motifs is 1. The molecule has 0 aliphatic heterocycles. The van der Waals surface area contributed by atoms with Crippen molar-refractivity contribution in [2.75, 3.05) is 0 Å². The van der Waals surface area contributed by atoms with E-state index in [1.807, 2.05) is 0 Å². The highest BCUT2D eigenvalue weighted by atomic mass is 15.3. The first-order valence-corrected chi connectivity index (χ1v) is 4.67. The van der Waals surface area contributed by atoms with E-state index in [0.717, 1.165) is 23.9 Å². The lowest BCUT2D eigenvalue weighted by molar-refractivity contribution is 0.956. The summed E-state index contributed by atoms with van der Waals surface area (Å²) < 4.78 is 0. The Morgan fingerprint density at radius 1 is 1.23 bits per heavy atom. The van der Waals surface area contributed by atoms with Gasteiger partial charge >= 0.3 is 0 Å². The predicted octanol–water partition coefficient (Wildman–Crippen LogP) is 2.08. The lowest BCUT2D eigenvalue weighted by Gasteiger charge is -2.01. The van der Waals surface area contributed by atoms with E-state index in [1.54, 1.807) is 0 Å². The molecule has 1 aromatic carbocycles. The molecule has 3 heteroatoms. The Hall–Kier alpha value is -1.38. The maximum Gasteiger partial charge on any atom is 0.113 e. The van der Waals surface area contributed by atoms with E-state index in [1.165, 1.54) is 11.1 Å². The molecular formula is C10H13N3. The largest absolute Gasteiger partial charge is 0.257 e. The van der Waals surface area contributed by atoms with Crippen LogP contribution in [-0.2, 0) is 12.8 Å². The van der Waals surface area contributed by atoms with Crippen molar-refractivity contribution in [2.24, 2.45) is 0 Å². The molecule has 0 bridgehead atoms. The van der Waals surface area contributed by atoms with Gasteiger partial charge in [0.1, 0.15) is 5.52 Å². The summed E-state index contributed by atoms with van der Waals surface area (Å²) in [5.74, 6) is 0. The van der Waals surface area contributed by atoms with Gasteiger partial charge in [0, 0.05) is 0 Å². The third-order valence-electron chi connectivity index (χ3n) is 2.37. The Bertz CT molecular complexity index is 417. The van der Waals surface area contributed by atoms with E-state index in [2.05, 4.69) is 41.4 Å². The van der Waals surface area contributed by atoms with Gasteiger partial charge in [-0.3, -0.25) is 5.10 Å². The Labute approximate surface area is 77.2 Å². The number of aromatic amines is 1. The van der Waals surface area contributed by atoms with E-state index in [9.17, 15) is 0 Å². The first-order valence-electron chi connectivity index (χ1n) is 4.67. The van der Waals surface area contributed by atoms with E-state index in [4.69, 9.17) is 0 Å². The van der Waals surface area contributed by atoms with Crippen LogP contribution in [0.4, 0.5) is 0 Å². The average Bonchev–Trinajstić information content (AvgIpc) is 2.63. The highest BCUT2D eigenvalue weighted by Gasteiger charge is 2.04. The van der Waals surface area contributed by atoms with Crippen LogP contribution in [0.3, 0.4) is 0 Å². The second-order valence-corrected chi connectivity index (χ2v) is 3.17. The molecule has 0 unspecified atom stereocenters. The highest BCUT2D eigenvalue weighted by molar-refractivity contribution is 5.78. The fourth-order valence-corrected chi connectivity index (χ4v) is 1.57. The summed E-state index contributed by atoms with van der Waals surface area (Å²) in [6.07, 6.45) is 2.07. The lowest BCUT2D eigenvalue weighted by Crippen LogP contribution is -1.87. The molecule has 1 N–H and O–H groups in total. The predicted molar refractivity (Wildman–Crippen MR) is 52.6 cm³/mol. The molecule has 3 nitrogen and oxygen atoms in total. The van der Waals surface area contributed by atoms with Gasteiger partial charge in [0.05, 0.1) is 5.52 Å². The topological polar surface area (TPSA) is 41.6 Å². The molecule has 0 spiro atoms. The Morgan fingerprint density at radius 3 is 2.77 bits per heavy atom. The maximum atomic E-state index is 4.03. The molecule has 1 heterocycles. The first kappa shape index (κ1) is 8.23. The zero-order valence-electron chi connectivity index (χ0n) is 7.96. The molecule has 0 aliphatic rings. The van der Waals surface area contributed by atoms with Gasteiger partial charge in [0.2, 0.25) is 0 Å². The molecule has 68 valence electrons. The standard InChI is InChI=1S/C10H13N3/c1-3-7-5-8(4-2)10-9(6-7)11-13-12-10/h5-6H,3-4H2,1-2H3,(H,11,12,13). The van der Waals surface area contributed by atoms with E-state index < -0.39 is 0 Å². The van der Waals surface area contributed by atoms with Crippen LogP contribution in [0.25, 0.3) is 11.0 Å². The van der Waals surface area contributed by atoms with Crippen LogP contribution < -0.4 is 0 Å². The minimum absolute atomic E-state index is 0.983. The van der Waals surface area contributed by atoms with Crippen LogP contribution in [-0.4, -0.2) is 15.4 Å². The molecule has 0 fully saturated rings. The smallest absolute Gasteiger partial charge is 0.113 e. The summed E-state index contributed by atoms with van der Waals surface area (Å²) in [6.45, 7) is 4.30.